The van der Waals surface area contributed by atoms with E-state index >= 15 is 0 Å². The summed E-state index contributed by atoms with van der Waals surface area (Å²) in [6.45, 7) is 0. The Kier molecular flexibility index (Phi) is 3.42. The van der Waals surface area contributed by atoms with E-state index in [1.165, 1.54) is 0 Å². The number of rotatable bonds is 1. The molecule has 2 nitrogen and oxygen atoms in total. The second-order valence-electron chi connectivity index (χ2n) is 2.12. The van der Waals surface area contributed by atoms with Crippen molar-refractivity contribution in [2.75, 3.05) is 0 Å². The molecule has 0 saturated carbocycles. The molecule has 1 aromatic rings. The molecule has 0 atom stereocenters. The van der Waals surface area contributed by atoms with E-state index in [-0.39, 0.29) is 0 Å². The summed E-state index contributed by atoms with van der Waals surface area (Å²) < 4.78 is 0. The predicted molar refractivity (Wildman–Crippen MR) is 53.6 cm³/mol. The number of thiocarbonyl (C=S) groups is 1. The van der Waals surface area contributed by atoms with Gasteiger partial charge in [0.05, 0.1) is 10.8 Å². The summed E-state index contributed by atoms with van der Waals surface area (Å²) in [4.78, 5) is 3.79. The van der Waals surface area contributed by atoms with Crippen LogP contribution in [0.25, 0.3) is 0 Å². The van der Waals surface area contributed by atoms with E-state index in [1.54, 1.807) is 30.3 Å². The van der Waals surface area contributed by atoms with Crippen molar-refractivity contribution in [3.63, 3.8) is 0 Å². The van der Waals surface area contributed by atoms with Crippen molar-refractivity contribution in [3.05, 3.63) is 29.8 Å². The van der Waals surface area contributed by atoms with Crippen molar-refractivity contribution < 1.29 is 0 Å². The zero-order valence-electron chi connectivity index (χ0n) is 6.61. The molecule has 0 heterocycles. The molecule has 60 valence electrons. The summed E-state index contributed by atoms with van der Waals surface area (Å²) >= 11 is 4.46. The molecule has 0 spiro atoms. The summed E-state index contributed by atoms with van der Waals surface area (Å²) in [5, 5.41) is 10.5. The van der Waals surface area contributed by atoms with Crippen LogP contribution in [-0.4, -0.2) is 5.16 Å². The maximum atomic E-state index is 8.22. The molecule has 3 heteroatoms. The van der Waals surface area contributed by atoms with Gasteiger partial charge in [-0.25, -0.2) is 0 Å². The number of isothiocyanates is 1. The maximum Gasteiger partial charge on any atom is 0.152 e. The number of hydrogen-bond donors (Lipinski definition) is 0. The molecular weight excluding hydrogens is 180 g/mol. The van der Waals surface area contributed by atoms with Crippen LogP contribution in [0.1, 0.15) is 5.56 Å². The average Bonchev–Trinajstić information content (AvgIpc) is 2.16. The molecular formula is C10H4N2S. The zero-order valence-corrected chi connectivity index (χ0v) is 7.43. The molecule has 0 aliphatic rings. The Morgan fingerprint density at radius 1 is 1.38 bits per heavy atom. The predicted octanol–water partition coefficient (Wildman–Crippen LogP) is 2.30. The smallest absolute Gasteiger partial charge is 0.152 e. The van der Waals surface area contributed by atoms with Crippen molar-refractivity contribution in [2.45, 2.75) is 0 Å². The van der Waals surface area contributed by atoms with Crippen molar-refractivity contribution in [1.29, 1.82) is 5.26 Å². The van der Waals surface area contributed by atoms with Gasteiger partial charge in [-0.3, -0.25) is 0 Å². The first-order valence-electron chi connectivity index (χ1n) is 3.45. The van der Waals surface area contributed by atoms with Gasteiger partial charge in [-0.05, 0) is 30.4 Å². The first kappa shape index (κ1) is 9.16. The molecule has 1 aromatic carbocycles. The van der Waals surface area contributed by atoms with E-state index in [0.717, 1.165) is 5.56 Å². The lowest BCUT2D eigenvalue weighted by molar-refractivity contribution is 1.52. The third kappa shape index (κ3) is 2.89. The van der Waals surface area contributed by atoms with Crippen LogP contribution < -0.4 is 0 Å². The molecule has 0 aliphatic heterocycles. The van der Waals surface area contributed by atoms with Crippen molar-refractivity contribution in [2.24, 2.45) is 4.99 Å². The number of nitriles is 1. The minimum atomic E-state index is 0.694. The Bertz CT molecular complexity index is 454. The van der Waals surface area contributed by atoms with Crippen LogP contribution in [0.15, 0.2) is 29.3 Å². The Hall–Kier alpha value is -1.93. The third-order valence-electron chi connectivity index (χ3n) is 1.28. The van der Waals surface area contributed by atoms with E-state index in [2.05, 4.69) is 34.2 Å². The van der Waals surface area contributed by atoms with E-state index in [1.807, 2.05) is 0 Å². The first-order chi connectivity index (χ1) is 6.36. The maximum absolute atomic E-state index is 8.22. The topological polar surface area (TPSA) is 36.1 Å². The Morgan fingerprint density at radius 2 is 2.23 bits per heavy atom. The summed E-state index contributed by atoms with van der Waals surface area (Å²) in [6.07, 6.45) is 0. The van der Waals surface area contributed by atoms with E-state index in [0.29, 0.717) is 5.69 Å². The molecule has 13 heavy (non-hydrogen) atoms. The molecule has 0 saturated heterocycles. The molecule has 0 bridgehead atoms. The minimum absolute atomic E-state index is 0.694. The quantitative estimate of drug-likeness (QED) is 0.381. The molecule has 0 aromatic heterocycles. The lowest BCUT2D eigenvalue weighted by Crippen LogP contribution is -1.71. The van der Waals surface area contributed by atoms with Gasteiger partial charge in [0, 0.05) is 11.5 Å². The molecule has 0 amide bonds. The highest BCUT2D eigenvalue weighted by Gasteiger charge is 1.89. The van der Waals surface area contributed by atoms with Crippen LogP contribution in [0, 0.1) is 23.2 Å². The lowest BCUT2D eigenvalue weighted by Gasteiger charge is -1.90. The Balaban J connectivity index is 3.06. The molecule has 0 N–H and O–H groups in total. The third-order valence-corrected chi connectivity index (χ3v) is 1.37. The lowest BCUT2D eigenvalue weighted by atomic mass is 10.2. The zero-order chi connectivity index (χ0) is 9.52. The highest BCUT2D eigenvalue weighted by molar-refractivity contribution is 7.78. The SMILES string of the molecule is N#CC#Cc1cccc(N=C=S)c1. The highest BCUT2D eigenvalue weighted by Crippen LogP contribution is 2.12. The highest BCUT2D eigenvalue weighted by atomic mass is 32.1. The largest absolute Gasteiger partial charge is 0.195 e. The van der Waals surface area contributed by atoms with Crippen LogP contribution in [0.4, 0.5) is 5.69 Å². The van der Waals surface area contributed by atoms with Crippen LogP contribution >= 0.6 is 12.2 Å². The van der Waals surface area contributed by atoms with Gasteiger partial charge in [-0.15, -0.1) is 0 Å². The normalized spacial score (nSPS) is 7.31. The summed E-state index contributed by atoms with van der Waals surface area (Å²) in [5.74, 6) is 4.96. The summed E-state index contributed by atoms with van der Waals surface area (Å²) in [6, 6.07) is 8.86. The van der Waals surface area contributed by atoms with Gasteiger partial charge in [-0.2, -0.15) is 10.3 Å². The van der Waals surface area contributed by atoms with Gasteiger partial charge in [0.2, 0.25) is 0 Å². The van der Waals surface area contributed by atoms with Gasteiger partial charge in [0.1, 0.15) is 0 Å². The van der Waals surface area contributed by atoms with E-state index < -0.39 is 0 Å². The molecule has 0 aliphatic carbocycles. The fraction of sp³-hybridized carbons (Fsp3) is 0. The number of aliphatic imine (C=N–C) groups is 1. The molecule has 1 rings (SSSR count). The van der Waals surface area contributed by atoms with Crippen LogP contribution in [0.2, 0.25) is 0 Å². The fourth-order valence-corrected chi connectivity index (χ4v) is 0.911. The Morgan fingerprint density at radius 3 is 2.92 bits per heavy atom. The van der Waals surface area contributed by atoms with Gasteiger partial charge in [0.15, 0.2) is 6.07 Å². The molecule has 0 fully saturated rings. The first-order valence-corrected chi connectivity index (χ1v) is 3.85. The van der Waals surface area contributed by atoms with E-state index in [9.17, 15) is 0 Å². The molecule has 0 radical (unpaired) electrons. The minimum Gasteiger partial charge on any atom is -0.195 e. The van der Waals surface area contributed by atoms with Crippen LogP contribution in [-0.2, 0) is 0 Å². The van der Waals surface area contributed by atoms with Crippen LogP contribution in [0.3, 0.4) is 0 Å². The van der Waals surface area contributed by atoms with Gasteiger partial charge in [0.25, 0.3) is 0 Å². The van der Waals surface area contributed by atoms with Crippen molar-refractivity contribution >= 4 is 23.1 Å². The van der Waals surface area contributed by atoms with Crippen LogP contribution in [0.5, 0.6) is 0 Å². The standard InChI is InChI=1S/C10H4N2S/c11-6-2-4-9-3-1-5-10(7-9)12-8-13/h1,3,5,7H. The number of benzene rings is 1. The average molecular weight is 184 g/mol. The van der Waals surface area contributed by atoms with Gasteiger partial charge < -0.3 is 0 Å². The van der Waals surface area contributed by atoms with E-state index in [4.69, 9.17) is 5.26 Å². The number of nitrogens with zero attached hydrogens (tertiary/aromatic N) is 2. The summed E-state index contributed by atoms with van der Waals surface area (Å²) in [5.41, 5.74) is 1.44. The Labute approximate surface area is 81.5 Å². The second kappa shape index (κ2) is 4.85. The molecule has 0 unspecified atom stereocenters. The number of hydrogen-bond acceptors (Lipinski definition) is 3. The monoisotopic (exact) mass is 184 g/mol. The van der Waals surface area contributed by atoms with Crippen molar-refractivity contribution in [1.82, 2.24) is 0 Å². The van der Waals surface area contributed by atoms with Gasteiger partial charge >= 0.3 is 0 Å². The van der Waals surface area contributed by atoms with Gasteiger partial charge in [-0.1, -0.05) is 12.0 Å². The van der Waals surface area contributed by atoms with Crippen molar-refractivity contribution in [3.8, 4) is 17.9 Å². The fourth-order valence-electron chi connectivity index (χ4n) is 0.806. The summed E-state index contributed by atoms with van der Waals surface area (Å²) in [7, 11) is 0. The second-order valence-corrected chi connectivity index (χ2v) is 2.30.